The molecule has 0 radical (unpaired) electrons. The molecule has 1 aliphatic rings. The van der Waals surface area contributed by atoms with Crippen LogP contribution in [0.1, 0.15) is 23.1 Å². The largest absolute Gasteiger partial charge is 0.456 e. The molecule has 3 rings (SSSR count). The minimum Gasteiger partial charge on any atom is -0.456 e. The van der Waals surface area contributed by atoms with Crippen LogP contribution in [0.2, 0.25) is 0 Å². The lowest BCUT2D eigenvalue weighted by molar-refractivity contribution is -0.137. The molecule has 0 saturated carbocycles. The molecule has 2 aromatic rings. The minimum atomic E-state index is -4.38. The monoisotopic (exact) mass is 473 g/mol. The van der Waals surface area contributed by atoms with Crippen molar-refractivity contribution in [1.29, 1.82) is 0 Å². The lowest BCUT2D eigenvalue weighted by Gasteiger charge is -2.30. The highest BCUT2D eigenvalue weighted by Crippen LogP contribution is 2.38. The van der Waals surface area contributed by atoms with Crippen LogP contribution in [0.3, 0.4) is 0 Å². The summed E-state index contributed by atoms with van der Waals surface area (Å²) in [5.74, 6) is 1.75. The van der Waals surface area contributed by atoms with E-state index in [1.54, 1.807) is 17.8 Å². The summed E-state index contributed by atoms with van der Waals surface area (Å²) in [6.45, 7) is 1.18. The van der Waals surface area contributed by atoms with Crippen LogP contribution in [0, 0.1) is 0 Å². The molecular weight excluding hydrogens is 455 g/mol. The smallest absolute Gasteiger partial charge is 0.416 e. The highest BCUT2D eigenvalue weighted by Gasteiger charge is 2.30. The van der Waals surface area contributed by atoms with Crippen molar-refractivity contribution in [3.8, 4) is 11.5 Å². The predicted molar refractivity (Wildman–Crippen MR) is 108 cm³/mol. The Labute approximate surface area is 174 Å². The van der Waals surface area contributed by atoms with Crippen molar-refractivity contribution in [2.45, 2.75) is 25.6 Å². The molecule has 0 spiro atoms. The maximum absolute atomic E-state index is 12.7. The Bertz CT molecular complexity index is 856. The van der Waals surface area contributed by atoms with Gasteiger partial charge in [0, 0.05) is 25.3 Å². The Balaban J connectivity index is 1.77. The number of carbonyl (C=O) groups excluding carboxylic acids is 1. The second kappa shape index (κ2) is 8.78. The fourth-order valence-corrected chi connectivity index (χ4v) is 4.02. The average molecular weight is 474 g/mol. The standard InChI is InChI=1S/C20H19BrF3NO2S/c1-28-11-9-18(26)25-10-8-13-2-7-17(19(21)16(13)12-25)27-15-5-3-14(4-6-15)20(22,23)24/h2-7H,8-12H2,1H3. The maximum Gasteiger partial charge on any atom is 0.416 e. The molecule has 28 heavy (non-hydrogen) atoms. The second-order valence-electron chi connectivity index (χ2n) is 6.45. The number of ether oxygens (including phenoxy) is 1. The van der Waals surface area contributed by atoms with Gasteiger partial charge < -0.3 is 9.64 Å². The lowest BCUT2D eigenvalue weighted by Crippen LogP contribution is -2.36. The van der Waals surface area contributed by atoms with E-state index in [1.807, 2.05) is 17.2 Å². The number of benzene rings is 2. The fraction of sp³-hybridized carbons (Fsp3) is 0.350. The zero-order valence-electron chi connectivity index (χ0n) is 15.2. The summed E-state index contributed by atoms with van der Waals surface area (Å²) in [6.07, 6.45) is -1.13. The number of rotatable bonds is 5. The van der Waals surface area contributed by atoms with E-state index in [2.05, 4.69) is 15.9 Å². The molecule has 2 aromatic carbocycles. The Morgan fingerprint density at radius 3 is 2.57 bits per heavy atom. The maximum atomic E-state index is 12.7. The van der Waals surface area contributed by atoms with Crippen LogP contribution < -0.4 is 4.74 Å². The number of hydrogen-bond donors (Lipinski definition) is 0. The van der Waals surface area contributed by atoms with Crippen molar-refractivity contribution in [3.05, 3.63) is 57.6 Å². The zero-order chi connectivity index (χ0) is 20.3. The molecule has 0 unspecified atom stereocenters. The second-order valence-corrected chi connectivity index (χ2v) is 8.23. The first-order valence-corrected chi connectivity index (χ1v) is 10.9. The van der Waals surface area contributed by atoms with Crippen LogP contribution >= 0.6 is 27.7 Å². The van der Waals surface area contributed by atoms with Gasteiger partial charge in [0.05, 0.1) is 10.0 Å². The summed E-state index contributed by atoms with van der Waals surface area (Å²) in [7, 11) is 0. The Kier molecular flexibility index (Phi) is 6.60. The lowest BCUT2D eigenvalue weighted by atomic mass is 9.99. The van der Waals surface area contributed by atoms with Crippen LogP contribution in [-0.2, 0) is 23.9 Å². The number of amides is 1. The average Bonchev–Trinajstić information content (AvgIpc) is 2.68. The van der Waals surface area contributed by atoms with E-state index in [1.165, 1.54) is 12.1 Å². The van der Waals surface area contributed by atoms with E-state index in [4.69, 9.17) is 4.74 Å². The van der Waals surface area contributed by atoms with E-state index >= 15 is 0 Å². The van der Waals surface area contributed by atoms with Crippen molar-refractivity contribution in [2.75, 3.05) is 18.6 Å². The Morgan fingerprint density at radius 1 is 1.21 bits per heavy atom. The van der Waals surface area contributed by atoms with Gasteiger partial charge in [-0.3, -0.25) is 4.79 Å². The van der Waals surface area contributed by atoms with Crippen LogP contribution in [-0.4, -0.2) is 29.4 Å². The number of thioether (sulfide) groups is 1. The highest BCUT2D eigenvalue weighted by atomic mass is 79.9. The third kappa shape index (κ3) is 4.84. The number of fused-ring (bicyclic) bond motifs is 1. The van der Waals surface area contributed by atoms with E-state index in [0.717, 1.165) is 39.9 Å². The number of hydrogen-bond acceptors (Lipinski definition) is 3. The number of nitrogens with zero attached hydrogens (tertiary/aromatic N) is 1. The van der Waals surface area contributed by atoms with Gasteiger partial charge in [-0.15, -0.1) is 0 Å². The van der Waals surface area contributed by atoms with Crippen molar-refractivity contribution >= 4 is 33.6 Å². The molecule has 0 saturated heterocycles. The first kappa shape index (κ1) is 21.0. The summed E-state index contributed by atoms with van der Waals surface area (Å²) < 4.78 is 44.6. The minimum absolute atomic E-state index is 0.126. The third-order valence-corrected chi connectivity index (χ3v) is 6.07. The van der Waals surface area contributed by atoms with Gasteiger partial charge in [0.25, 0.3) is 0 Å². The topological polar surface area (TPSA) is 29.5 Å². The first-order valence-electron chi connectivity index (χ1n) is 8.71. The van der Waals surface area contributed by atoms with Gasteiger partial charge in [-0.25, -0.2) is 0 Å². The van der Waals surface area contributed by atoms with Crippen molar-refractivity contribution < 1.29 is 22.7 Å². The summed E-state index contributed by atoms with van der Waals surface area (Å²) in [6, 6.07) is 8.33. The molecule has 1 aliphatic heterocycles. The number of carbonyl (C=O) groups is 1. The summed E-state index contributed by atoms with van der Waals surface area (Å²) in [5, 5.41) is 0. The van der Waals surface area contributed by atoms with Crippen LogP contribution in [0.4, 0.5) is 13.2 Å². The van der Waals surface area contributed by atoms with E-state index < -0.39 is 11.7 Å². The zero-order valence-corrected chi connectivity index (χ0v) is 17.6. The summed E-state index contributed by atoms with van der Waals surface area (Å²) >= 11 is 5.19. The van der Waals surface area contributed by atoms with Gasteiger partial charge >= 0.3 is 6.18 Å². The molecule has 0 aliphatic carbocycles. The Hall–Kier alpha value is -1.67. The van der Waals surface area contributed by atoms with Crippen molar-refractivity contribution in [3.63, 3.8) is 0 Å². The van der Waals surface area contributed by atoms with Gasteiger partial charge in [0.15, 0.2) is 0 Å². The predicted octanol–water partition coefficient (Wildman–Crippen LogP) is 5.90. The number of alkyl halides is 3. The first-order chi connectivity index (χ1) is 13.3. The SMILES string of the molecule is CSCCC(=O)N1CCc2ccc(Oc3ccc(C(F)(F)F)cc3)c(Br)c2C1. The molecular formula is C20H19BrF3NO2S. The summed E-state index contributed by atoms with van der Waals surface area (Å²) in [4.78, 5) is 14.2. The molecule has 0 bridgehead atoms. The molecule has 0 aromatic heterocycles. The van der Waals surface area contributed by atoms with Gasteiger partial charge in [-0.1, -0.05) is 6.07 Å². The van der Waals surface area contributed by atoms with Crippen LogP contribution in [0.5, 0.6) is 11.5 Å². The fourth-order valence-electron chi connectivity index (χ4n) is 3.05. The molecule has 0 N–H and O–H groups in total. The van der Waals surface area contributed by atoms with Crippen molar-refractivity contribution in [2.24, 2.45) is 0 Å². The quantitative estimate of drug-likeness (QED) is 0.541. The molecule has 1 amide bonds. The van der Waals surface area contributed by atoms with Crippen LogP contribution in [0.15, 0.2) is 40.9 Å². The van der Waals surface area contributed by atoms with E-state index in [0.29, 0.717) is 31.0 Å². The molecule has 0 fully saturated rings. The van der Waals surface area contributed by atoms with Gasteiger partial charge in [0.1, 0.15) is 11.5 Å². The normalized spacial score (nSPS) is 14.0. The highest BCUT2D eigenvalue weighted by molar-refractivity contribution is 9.10. The van der Waals surface area contributed by atoms with Gasteiger partial charge in [0.2, 0.25) is 5.91 Å². The van der Waals surface area contributed by atoms with Crippen molar-refractivity contribution in [1.82, 2.24) is 4.90 Å². The van der Waals surface area contributed by atoms with E-state index in [-0.39, 0.29) is 5.91 Å². The van der Waals surface area contributed by atoms with Gasteiger partial charge in [-0.05, 0) is 70.1 Å². The summed E-state index contributed by atoms with van der Waals surface area (Å²) in [5.41, 5.74) is 1.40. The third-order valence-electron chi connectivity index (χ3n) is 4.59. The molecule has 150 valence electrons. The molecule has 0 atom stereocenters. The number of halogens is 4. The Morgan fingerprint density at radius 2 is 1.93 bits per heavy atom. The van der Waals surface area contributed by atoms with Crippen LogP contribution in [0.25, 0.3) is 0 Å². The molecule has 8 heteroatoms. The van der Waals surface area contributed by atoms with Gasteiger partial charge in [-0.2, -0.15) is 24.9 Å². The molecule has 1 heterocycles. The van der Waals surface area contributed by atoms with E-state index in [9.17, 15) is 18.0 Å². The molecule has 3 nitrogen and oxygen atoms in total.